The molecule has 2 aliphatic heterocycles. The predicted molar refractivity (Wildman–Crippen MR) is 146 cm³/mol. The third-order valence-corrected chi connectivity index (χ3v) is 8.69. The zero-order valence-corrected chi connectivity index (χ0v) is 22.7. The van der Waals surface area contributed by atoms with Crippen LogP contribution in [0.2, 0.25) is 5.02 Å². The van der Waals surface area contributed by atoms with E-state index in [1.165, 1.54) is 10.4 Å². The highest BCUT2D eigenvalue weighted by atomic mass is 35.5. The summed E-state index contributed by atoms with van der Waals surface area (Å²) in [6.45, 7) is 6.11. The molecule has 2 aliphatic rings. The first-order chi connectivity index (χ1) is 18.3. The standard InChI is InChI=1S/C28H30ClN3O5S/c1-20-5-8-24(9-6-20)38(34,35)32-19-27(37-26-10-7-23(29)16-25(26)32)28(33)30-17-21-3-2-4-22(15-21)18-31-11-13-36-14-12-31/h2-10,15-16,27H,11-14,17-19H2,1H3,(H,30,33)/t27-/m0/s1. The van der Waals surface area contributed by atoms with Crippen LogP contribution in [0.1, 0.15) is 16.7 Å². The Bertz CT molecular complexity index is 1410. The topological polar surface area (TPSA) is 88.2 Å². The number of nitrogens with zero attached hydrogens (tertiary/aromatic N) is 2. The molecule has 3 aromatic rings. The fourth-order valence-electron chi connectivity index (χ4n) is 4.58. The summed E-state index contributed by atoms with van der Waals surface area (Å²) in [6, 6.07) is 19.4. The van der Waals surface area contributed by atoms with Gasteiger partial charge >= 0.3 is 0 Å². The maximum Gasteiger partial charge on any atom is 0.264 e. The third-order valence-electron chi connectivity index (χ3n) is 6.66. The van der Waals surface area contributed by atoms with E-state index in [1.54, 1.807) is 36.4 Å². The molecule has 0 saturated carbocycles. The van der Waals surface area contributed by atoms with E-state index >= 15 is 0 Å². The Morgan fingerprint density at radius 1 is 1.03 bits per heavy atom. The highest BCUT2D eigenvalue weighted by Gasteiger charge is 2.37. The molecule has 200 valence electrons. The normalized spacial score (nSPS) is 17.9. The number of carbonyl (C=O) groups excluding carboxylic acids is 1. The molecule has 1 amide bonds. The van der Waals surface area contributed by atoms with Crippen LogP contribution in [0.15, 0.2) is 71.6 Å². The first-order valence-electron chi connectivity index (χ1n) is 12.5. The van der Waals surface area contributed by atoms with Gasteiger partial charge in [0.05, 0.1) is 30.3 Å². The van der Waals surface area contributed by atoms with Gasteiger partial charge in [-0.05, 0) is 48.4 Å². The Morgan fingerprint density at radius 3 is 2.53 bits per heavy atom. The number of fused-ring (bicyclic) bond motifs is 1. The van der Waals surface area contributed by atoms with Gasteiger partial charge in [0, 0.05) is 31.2 Å². The van der Waals surface area contributed by atoms with E-state index in [4.69, 9.17) is 21.1 Å². The summed E-state index contributed by atoms with van der Waals surface area (Å²) in [7, 11) is -3.96. The number of ether oxygens (including phenoxy) is 2. The van der Waals surface area contributed by atoms with Gasteiger partial charge in [0.1, 0.15) is 5.75 Å². The van der Waals surface area contributed by atoms with Crippen molar-refractivity contribution in [3.63, 3.8) is 0 Å². The number of nitrogens with one attached hydrogen (secondary N) is 1. The molecular weight excluding hydrogens is 526 g/mol. The number of anilines is 1. The van der Waals surface area contributed by atoms with Crippen molar-refractivity contribution in [3.05, 3.63) is 88.4 Å². The van der Waals surface area contributed by atoms with Crippen LogP contribution in [0.3, 0.4) is 0 Å². The van der Waals surface area contributed by atoms with Gasteiger partial charge in [-0.2, -0.15) is 0 Å². The van der Waals surface area contributed by atoms with Crippen LogP contribution in [0.4, 0.5) is 5.69 Å². The Morgan fingerprint density at radius 2 is 1.76 bits per heavy atom. The quantitative estimate of drug-likeness (QED) is 0.478. The zero-order chi connectivity index (χ0) is 26.7. The molecule has 0 aliphatic carbocycles. The number of aryl methyl sites for hydroxylation is 1. The largest absolute Gasteiger partial charge is 0.476 e. The summed E-state index contributed by atoms with van der Waals surface area (Å²) >= 11 is 6.18. The van der Waals surface area contributed by atoms with Crippen molar-refractivity contribution in [3.8, 4) is 5.75 Å². The number of benzene rings is 3. The Hall–Kier alpha value is -3.11. The number of hydrogen-bond donors (Lipinski definition) is 1. The molecule has 38 heavy (non-hydrogen) atoms. The van der Waals surface area contributed by atoms with Crippen molar-refractivity contribution in [1.29, 1.82) is 0 Å². The number of carbonyl (C=O) groups is 1. The van der Waals surface area contributed by atoms with Crippen LogP contribution in [0.5, 0.6) is 5.75 Å². The minimum Gasteiger partial charge on any atom is -0.476 e. The lowest BCUT2D eigenvalue weighted by Crippen LogP contribution is -2.50. The molecule has 1 N–H and O–H groups in total. The van der Waals surface area contributed by atoms with Crippen LogP contribution in [-0.2, 0) is 32.6 Å². The molecule has 0 radical (unpaired) electrons. The van der Waals surface area contributed by atoms with E-state index in [1.807, 2.05) is 19.1 Å². The van der Waals surface area contributed by atoms with Crippen molar-refractivity contribution in [2.75, 3.05) is 37.2 Å². The van der Waals surface area contributed by atoms with E-state index < -0.39 is 22.0 Å². The summed E-state index contributed by atoms with van der Waals surface area (Å²) in [5, 5.41) is 3.29. The lowest BCUT2D eigenvalue weighted by atomic mass is 10.1. The van der Waals surface area contributed by atoms with E-state index in [9.17, 15) is 13.2 Å². The number of rotatable bonds is 7. The van der Waals surface area contributed by atoms with Crippen molar-refractivity contribution in [2.24, 2.45) is 0 Å². The van der Waals surface area contributed by atoms with E-state index in [-0.39, 0.29) is 17.2 Å². The average molecular weight is 556 g/mol. The van der Waals surface area contributed by atoms with E-state index in [2.05, 4.69) is 22.3 Å². The summed E-state index contributed by atoms with van der Waals surface area (Å²) in [5.41, 5.74) is 3.36. The molecule has 0 bridgehead atoms. The van der Waals surface area contributed by atoms with Gasteiger partial charge in [0.2, 0.25) is 0 Å². The fourth-order valence-corrected chi connectivity index (χ4v) is 6.22. The van der Waals surface area contributed by atoms with Gasteiger partial charge in [-0.3, -0.25) is 14.0 Å². The second kappa shape index (κ2) is 11.3. The van der Waals surface area contributed by atoms with Gasteiger partial charge in [-0.25, -0.2) is 8.42 Å². The average Bonchev–Trinajstić information content (AvgIpc) is 2.92. The molecule has 1 atom stereocenters. The zero-order valence-electron chi connectivity index (χ0n) is 21.1. The maximum atomic E-state index is 13.6. The van der Waals surface area contributed by atoms with Crippen LogP contribution in [0, 0.1) is 6.92 Å². The molecule has 0 spiro atoms. The molecule has 8 nitrogen and oxygen atoms in total. The highest BCUT2D eigenvalue weighted by molar-refractivity contribution is 7.92. The Balaban J connectivity index is 1.31. The second-order valence-electron chi connectivity index (χ2n) is 9.49. The first-order valence-corrected chi connectivity index (χ1v) is 14.3. The lowest BCUT2D eigenvalue weighted by molar-refractivity contribution is -0.127. The lowest BCUT2D eigenvalue weighted by Gasteiger charge is -2.35. The summed E-state index contributed by atoms with van der Waals surface area (Å²) in [6.07, 6.45) is -1.03. The number of hydrogen-bond acceptors (Lipinski definition) is 6. The van der Waals surface area contributed by atoms with Gasteiger partial charge in [0.15, 0.2) is 6.10 Å². The molecule has 10 heteroatoms. The smallest absolute Gasteiger partial charge is 0.264 e. The molecule has 5 rings (SSSR count). The molecule has 1 fully saturated rings. The molecule has 0 unspecified atom stereocenters. The van der Waals surface area contributed by atoms with Gasteiger partial charge in [-0.15, -0.1) is 0 Å². The van der Waals surface area contributed by atoms with Gasteiger partial charge in [0.25, 0.3) is 15.9 Å². The fraction of sp³-hybridized carbons (Fsp3) is 0.321. The predicted octanol–water partition coefficient (Wildman–Crippen LogP) is 3.75. The number of sulfonamides is 1. The summed E-state index contributed by atoms with van der Waals surface area (Å²) < 4.78 is 39.8. The molecule has 1 saturated heterocycles. The van der Waals surface area contributed by atoms with Crippen LogP contribution < -0.4 is 14.4 Å². The second-order valence-corrected chi connectivity index (χ2v) is 11.8. The molecule has 3 aromatic carbocycles. The summed E-state index contributed by atoms with van der Waals surface area (Å²) in [5.74, 6) is -0.114. The Labute approximate surface area is 228 Å². The number of halogens is 1. The number of amides is 1. The maximum absolute atomic E-state index is 13.6. The van der Waals surface area contributed by atoms with Crippen molar-refractivity contribution in [1.82, 2.24) is 10.2 Å². The van der Waals surface area contributed by atoms with Crippen LogP contribution >= 0.6 is 11.6 Å². The van der Waals surface area contributed by atoms with E-state index in [0.717, 1.165) is 49.5 Å². The SMILES string of the molecule is Cc1ccc(S(=O)(=O)N2C[C@@H](C(=O)NCc3cccc(CN4CCOCC4)c3)Oc3ccc(Cl)cc32)cc1. The minimum absolute atomic E-state index is 0.132. The van der Waals surface area contributed by atoms with Gasteiger partial charge in [-0.1, -0.05) is 53.6 Å². The van der Waals surface area contributed by atoms with Gasteiger partial charge < -0.3 is 14.8 Å². The van der Waals surface area contributed by atoms with Crippen LogP contribution in [0.25, 0.3) is 0 Å². The Kier molecular flexibility index (Phi) is 7.90. The van der Waals surface area contributed by atoms with Crippen LogP contribution in [-0.4, -0.2) is 58.2 Å². The monoisotopic (exact) mass is 555 g/mol. The number of morpholine rings is 1. The summed E-state index contributed by atoms with van der Waals surface area (Å²) in [4.78, 5) is 15.7. The van der Waals surface area contributed by atoms with Crippen molar-refractivity contribution < 1.29 is 22.7 Å². The third kappa shape index (κ3) is 5.96. The molecular formula is C28H30ClN3O5S. The minimum atomic E-state index is -3.96. The van der Waals surface area contributed by atoms with Crippen molar-refractivity contribution >= 4 is 33.2 Å². The molecule has 2 heterocycles. The van der Waals surface area contributed by atoms with Crippen molar-refractivity contribution in [2.45, 2.75) is 31.0 Å². The molecule has 0 aromatic heterocycles. The highest BCUT2D eigenvalue weighted by Crippen LogP contribution is 2.39. The van der Waals surface area contributed by atoms with E-state index in [0.29, 0.717) is 17.3 Å². The first kappa shape index (κ1) is 26.5.